The summed E-state index contributed by atoms with van der Waals surface area (Å²) >= 11 is 0. The van der Waals surface area contributed by atoms with E-state index in [4.69, 9.17) is 9.47 Å². The topological polar surface area (TPSA) is 47.9 Å². The minimum absolute atomic E-state index is 0.103. The second kappa shape index (κ2) is 13.5. The van der Waals surface area contributed by atoms with Crippen molar-refractivity contribution in [3.8, 4) is 11.5 Å². The molecular weight excluding hydrogens is 362 g/mol. The number of nitrogens with zero attached hydrogens (tertiary/aromatic N) is 1. The number of benzene rings is 2. The molecule has 0 bridgehead atoms. The quantitative estimate of drug-likeness (QED) is 0.482. The molecule has 0 aliphatic heterocycles. The van der Waals surface area contributed by atoms with E-state index in [0.717, 1.165) is 54.0 Å². The number of hydrogen-bond donors (Lipinski definition) is 0. The first-order chi connectivity index (χ1) is 14.0. The molecule has 2 rings (SSSR count). The van der Waals surface area contributed by atoms with Crippen molar-refractivity contribution in [2.24, 2.45) is 4.99 Å². The summed E-state index contributed by atoms with van der Waals surface area (Å²) in [5.74, 6) is 1.87. The molecule has 0 saturated carbocycles. The summed E-state index contributed by atoms with van der Waals surface area (Å²) in [7, 11) is 5.10. The Morgan fingerprint density at radius 1 is 0.966 bits per heavy atom. The van der Waals surface area contributed by atoms with Gasteiger partial charge in [-0.1, -0.05) is 57.0 Å². The Kier molecular flexibility index (Phi) is 11.4. The van der Waals surface area contributed by atoms with Gasteiger partial charge in [0.15, 0.2) is 11.5 Å². The van der Waals surface area contributed by atoms with Crippen LogP contribution in [0.25, 0.3) is 0 Å². The minimum atomic E-state index is 0.103. The SMILES string of the molecule is CCCC(=NC)c1ccc(OC)c(OC)c1.CCCC(C(C)=O)c1ccccc1. The molecule has 0 spiro atoms. The van der Waals surface area contributed by atoms with Gasteiger partial charge in [0.25, 0.3) is 0 Å². The summed E-state index contributed by atoms with van der Waals surface area (Å²) in [5.41, 5.74) is 3.35. The molecule has 1 unspecified atom stereocenters. The number of ether oxygens (including phenoxy) is 2. The van der Waals surface area contributed by atoms with Crippen LogP contribution in [0.3, 0.4) is 0 Å². The van der Waals surface area contributed by atoms with E-state index in [9.17, 15) is 4.79 Å². The molecule has 0 N–H and O–H groups in total. The number of methoxy groups -OCH3 is 2. The highest BCUT2D eigenvalue weighted by atomic mass is 16.5. The van der Waals surface area contributed by atoms with Gasteiger partial charge < -0.3 is 9.47 Å². The predicted octanol–water partition coefficient (Wildman–Crippen LogP) is 6.08. The molecule has 1 atom stereocenters. The van der Waals surface area contributed by atoms with Gasteiger partial charge >= 0.3 is 0 Å². The van der Waals surface area contributed by atoms with Crippen molar-refractivity contribution in [2.75, 3.05) is 21.3 Å². The van der Waals surface area contributed by atoms with Crippen LogP contribution in [0, 0.1) is 0 Å². The summed E-state index contributed by atoms with van der Waals surface area (Å²) in [6.07, 6.45) is 4.07. The minimum Gasteiger partial charge on any atom is -0.493 e. The van der Waals surface area contributed by atoms with Crippen molar-refractivity contribution in [1.29, 1.82) is 0 Å². The third kappa shape index (κ3) is 7.72. The van der Waals surface area contributed by atoms with Gasteiger partial charge in [-0.05, 0) is 49.1 Å². The fraction of sp³-hybridized carbons (Fsp3) is 0.440. The van der Waals surface area contributed by atoms with Gasteiger partial charge in [0.05, 0.1) is 14.2 Å². The number of aliphatic imine (C=N–C) groups is 1. The molecule has 2 aromatic rings. The molecule has 2 aromatic carbocycles. The van der Waals surface area contributed by atoms with Gasteiger partial charge in [0, 0.05) is 18.7 Å². The molecule has 0 saturated heterocycles. The van der Waals surface area contributed by atoms with Gasteiger partial charge in [-0.15, -0.1) is 0 Å². The van der Waals surface area contributed by atoms with Gasteiger partial charge in [-0.2, -0.15) is 0 Å². The normalized spacial score (nSPS) is 11.9. The van der Waals surface area contributed by atoms with E-state index in [1.165, 1.54) is 0 Å². The lowest BCUT2D eigenvalue weighted by molar-refractivity contribution is -0.118. The Balaban J connectivity index is 0.000000296. The number of Topliss-reactive ketones (excluding diaryl/α,β-unsaturated/α-hetero) is 1. The molecule has 4 nitrogen and oxygen atoms in total. The van der Waals surface area contributed by atoms with E-state index in [2.05, 4.69) is 18.8 Å². The summed E-state index contributed by atoms with van der Waals surface area (Å²) < 4.78 is 10.5. The number of carbonyl (C=O) groups excluding carboxylic acids is 1. The third-order valence-electron chi connectivity index (χ3n) is 4.74. The van der Waals surface area contributed by atoms with Crippen LogP contribution in [0.5, 0.6) is 11.5 Å². The maximum Gasteiger partial charge on any atom is 0.161 e. The van der Waals surface area contributed by atoms with Crippen LogP contribution in [-0.2, 0) is 4.79 Å². The van der Waals surface area contributed by atoms with E-state index in [1.54, 1.807) is 21.1 Å². The Labute approximate surface area is 176 Å². The largest absolute Gasteiger partial charge is 0.493 e. The number of rotatable bonds is 9. The molecule has 158 valence electrons. The zero-order valence-corrected chi connectivity index (χ0v) is 18.7. The van der Waals surface area contributed by atoms with Gasteiger partial charge in [0.2, 0.25) is 0 Å². The lowest BCUT2D eigenvalue weighted by atomic mass is 9.91. The highest BCUT2D eigenvalue weighted by molar-refractivity contribution is 6.01. The summed E-state index contributed by atoms with van der Waals surface area (Å²) in [4.78, 5) is 15.6. The Bertz CT molecular complexity index is 769. The van der Waals surface area contributed by atoms with Crippen LogP contribution in [0.15, 0.2) is 53.5 Å². The average Bonchev–Trinajstić information content (AvgIpc) is 2.76. The summed E-state index contributed by atoms with van der Waals surface area (Å²) in [5, 5.41) is 0. The van der Waals surface area contributed by atoms with Crippen molar-refractivity contribution in [2.45, 2.75) is 52.4 Å². The molecule has 4 heteroatoms. The van der Waals surface area contributed by atoms with Crippen LogP contribution in [0.1, 0.15) is 63.5 Å². The van der Waals surface area contributed by atoms with Crippen molar-refractivity contribution in [1.82, 2.24) is 0 Å². The zero-order chi connectivity index (χ0) is 21.6. The van der Waals surface area contributed by atoms with Crippen molar-refractivity contribution in [3.05, 3.63) is 59.7 Å². The fourth-order valence-corrected chi connectivity index (χ4v) is 3.22. The van der Waals surface area contributed by atoms with Crippen LogP contribution in [0.2, 0.25) is 0 Å². The second-order valence-electron chi connectivity index (χ2n) is 6.85. The molecule has 0 heterocycles. The van der Waals surface area contributed by atoms with Crippen LogP contribution in [0.4, 0.5) is 0 Å². The maximum atomic E-state index is 11.3. The second-order valence-corrected chi connectivity index (χ2v) is 6.85. The van der Waals surface area contributed by atoms with Crippen molar-refractivity contribution in [3.63, 3.8) is 0 Å². The summed E-state index contributed by atoms with van der Waals surface area (Å²) in [6.45, 7) is 5.93. The molecule has 0 fully saturated rings. The van der Waals surface area contributed by atoms with E-state index in [1.807, 2.05) is 55.6 Å². The monoisotopic (exact) mass is 397 g/mol. The highest BCUT2D eigenvalue weighted by Crippen LogP contribution is 2.28. The van der Waals surface area contributed by atoms with E-state index >= 15 is 0 Å². The zero-order valence-electron chi connectivity index (χ0n) is 18.7. The molecule has 0 aromatic heterocycles. The summed E-state index contributed by atoms with van der Waals surface area (Å²) in [6, 6.07) is 15.9. The Morgan fingerprint density at radius 2 is 1.62 bits per heavy atom. The smallest absolute Gasteiger partial charge is 0.161 e. The van der Waals surface area contributed by atoms with Gasteiger partial charge in [-0.3, -0.25) is 9.79 Å². The first-order valence-corrected chi connectivity index (χ1v) is 10.3. The number of hydrogen-bond acceptors (Lipinski definition) is 4. The first-order valence-electron chi connectivity index (χ1n) is 10.3. The van der Waals surface area contributed by atoms with Crippen LogP contribution in [-0.4, -0.2) is 32.8 Å². The van der Waals surface area contributed by atoms with Gasteiger partial charge in [-0.25, -0.2) is 0 Å². The fourth-order valence-electron chi connectivity index (χ4n) is 3.22. The van der Waals surface area contributed by atoms with Gasteiger partial charge in [0.1, 0.15) is 5.78 Å². The molecule has 0 aliphatic carbocycles. The van der Waals surface area contributed by atoms with Crippen LogP contribution < -0.4 is 9.47 Å². The lowest BCUT2D eigenvalue weighted by Gasteiger charge is -2.12. The lowest BCUT2D eigenvalue weighted by Crippen LogP contribution is -2.08. The van der Waals surface area contributed by atoms with Crippen LogP contribution >= 0.6 is 0 Å². The number of carbonyl (C=O) groups is 1. The molecule has 0 aliphatic rings. The van der Waals surface area contributed by atoms with Crippen molar-refractivity contribution >= 4 is 11.5 Å². The molecule has 29 heavy (non-hydrogen) atoms. The average molecular weight is 398 g/mol. The third-order valence-corrected chi connectivity index (χ3v) is 4.74. The molecule has 0 radical (unpaired) electrons. The van der Waals surface area contributed by atoms with E-state index < -0.39 is 0 Å². The Morgan fingerprint density at radius 3 is 2.10 bits per heavy atom. The Hall–Kier alpha value is -2.62. The molecular formula is C25H35NO3. The predicted molar refractivity (Wildman–Crippen MR) is 122 cm³/mol. The van der Waals surface area contributed by atoms with Crippen molar-refractivity contribution < 1.29 is 14.3 Å². The first kappa shape index (κ1) is 24.4. The maximum absolute atomic E-state index is 11.3. The van der Waals surface area contributed by atoms with E-state index in [0.29, 0.717) is 0 Å². The van der Waals surface area contributed by atoms with E-state index in [-0.39, 0.29) is 11.7 Å². The number of ketones is 1. The highest BCUT2D eigenvalue weighted by Gasteiger charge is 2.14. The molecule has 0 amide bonds. The standard InChI is InChI=1S/C13H19NO2.C12H16O/c1-5-6-11(14-2)10-7-8-12(15-3)13(9-10)16-4;1-3-7-12(10(2)13)11-8-5-4-6-9-11/h7-9H,5-6H2,1-4H3;4-6,8-9,12H,3,7H2,1-2H3.